The van der Waals surface area contributed by atoms with Gasteiger partial charge in [0.1, 0.15) is 12.1 Å². The molecule has 0 radical (unpaired) electrons. The molecule has 9 nitrogen and oxygen atoms in total. The second-order valence-electron chi connectivity index (χ2n) is 9.52. The average molecular weight is 580 g/mol. The van der Waals surface area contributed by atoms with E-state index in [1.807, 2.05) is 11.0 Å². The number of ether oxygens (including phenoxy) is 1. The van der Waals surface area contributed by atoms with E-state index in [1.54, 1.807) is 35.6 Å². The molecule has 1 amide bonds. The van der Waals surface area contributed by atoms with Crippen LogP contribution in [0.3, 0.4) is 0 Å². The van der Waals surface area contributed by atoms with Gasteiger partial charge in [0.15, 0.2) is 0 Å². The predicted octanol–water partition coefficient (Wildman–Crippen LogP) is 3.90. The fraction of sp³-hybridized carbons (Fsp3) is 0.250. The molecule has 1 fully saturated rings. The van der Waals surface area contributed by atoms with Gasteiger partial charge in [-0.1, -0.05) is 18.2 Å². The number of fused-ring (bicyclic) bond motifs is 1. The maximum absolute atomic E-state index is 13.2. The van der Waals surface area contributed by atoms with Gasteiger partial charge in [0.25, 0.3) is 10.0 Å². The number of sulfonamides is 1. The third-order valence-electron chi connectivity index (χ3n) is 6.92. The molecule has 2 aromatic heterocycles. The number of benzene rings is 2. The van der Waals surface area contributed by atoms with E-state index in [0.717, 1.165) is 44.1 Å². The normalized spacial score (nSPS) is 18.0. The summed E-state index contributed by atoms with van der Waals surface area (Å²) in [6.45, 7) is 2.98. The van der Waals surface area contributed by atoms with Crippen LogP contribution in [0.5, 0.6) is 0 Å². The predicted molar refractivity (Wildman–Crippen MR) is 152 cm³/mol. The molecule has 1 atom stereocenters. The largest absolute Gasteiger partial charge is 0.378 e. The number of morpholine rings is 1. The van der Waals surface area contributed by atoms with Crippen LogP contribution in [0.15, 0.2) is 71.9 Å². The Morgan fingerprint density at radius 3 is 2.58 bits per heavy atom. The highest BCUT2D eigenvalue weighted by atomic mass is 32.2. The molecular weight excluding hydrogens is 553 g/mol. The number of amides is 1. The van der Waals surface area contributed by atoms with Crippen molar-refractivity contribution in [3.8, 4) is 11.3 Å². The Morgan fingerprint density at radius 2 is 1.82 bits per heavy atom. The highest BCUT2D eigenvalue weighted by Crippen LogP contribution is 2.37. The molecule has 1 unspecified atom stereocenters. The maximum Gasteiger partial charge on any atom is 0.261 e. The van der Waals surface area contributed by atoms with Crippen molar-refractivity contribution in [3.05, 3.63) is 77.7 Å². The number of carbonyl (C=O) groups is 1. The standard InChI is InChI=1S/C28H26FN5O4S2/c29-20-3-7-22(8-4-20)40(36,37)33-21-5-1-18(2-6-21)26-27-23(31-17-32-26)16-25(39-27)19-9-10-30-24(15-19)28(35)34-11-13-38-14-12-34/h1-9,16-17,24,30,33H,10-15H2. The summed E-state index contributed by atoms with van der Waals surface area (Å²) in [5.74, 6) is -0.403. The summed E-state index contributed by atoms with van der Waals surface area (Å²) in [4.78, 5) is 24.9. The number of hydrogen-bond donors (Lipinski definition) is 2. The van der Waals surface area contributed by atoms with E-state index in [2.05, 4.69) is 26.1 Å². The second kappa shape index (κ2) is 11.0. The molecule has 0 saturated carbocycles. The fourth-order valence-corrected chi connectivity index (χ4v) is 7.05. The summed E-state index contributed by atoms with van der Waals surface area (Å²) in [5.41, 5.74) is 3.84. The molecule has 0 spiro atoms. The molecule has 0 aliphatic carbocycles. The van der Waals surface area contributed by atoms with Crippen LogP contribution in [-0.2, 0) is 19.6 Å². The van der Waals surface area contributed by atoms with Crippen LogP contribution in [0.1, 0.15) is 11.3 Å². The third-order valence-corrected chi connectivity index (χ3v) is 9.52. The summed E-state index contributed by atoms with van der Waals surface area (Å²) in [7, 11) is -3.85. The minimum Gasteiger partial charge on any atom is -0.378 e. The number of carbonyl (C=O) groups excluding carboxylic acids is 1. The van der Waals surface area contributed by atoms with Crippen molar-refractivity contribution in [2.24, 2.45) is 0 Å². The van der Waals surface area contributed by atoms with E-state index in [1.165, 1.54) is 18.5 Å². The monoisotopic (exact) mass is 579 g/mol. The number of rotatable bonds is 6. The van der Waals surface area contributed by atoms with E-state index >= 15 is 0 Å². The summed E-state index contributed by atoms with van der Waals surface area (Å²) in [5, 5.41) is 3.32. The first-order chi connectivity index (χ1) is 19.4. The van der Waals surface area contributed by atoms with Gasteiger partial charge in [0, 0.05) is 35.8 Å². The molecule has 0 bridgehead atoms. The first-order valence-electron chi connectivity index (χ1n) is 12.8. The van der Waals surface area contributed by atoms with Crippen LogP contribution in [0.25, 0.3) is 27.0 Å². The number of nitrogens with one attached hydrogen (secondary N) is 2. The van der Waals surface area contributed by atoms with Gasteiger partial charge >= 0.3 is 0 Å². The van der Waals surface area contributed by atoms with E-state index in [-0.39, 0.29) is 16.8 Å². The first-order valence-corrected chi connectivity index (χ1v) is 15.1. The molecule has 12 heteroatoms. The lowest BCUT2D eigenvalue weighted by Gasteiger charge is -2.32. The minimum atomic E-state index is -3.85. The molecule has 6 rings (SSSR count). The van der Waals surface area contributed by atoms with Gasteiger partial charge in [-0.25, -0.2) is 22.8 Å². The number of nitrogens with zero attached hydrogens (tertiary/aromatic N) is 3. The number of hydrogen-bond acceptors (Lipinski definition) is 8. The topological polar surface area (TPSA) is 114 Å². The second-order valence-corrected chi connectivity index (χ2v) is 12.3. The first kappa shape index (κ1) is 26.5. The number of thiophene rings is 1. The minimum absolute atomic E-state index is 0.0253. The smallest absolute Gasteiger partial charge is 0.261 e. The Balaban J connectivity index is 1.21. The average Bonchev–Trinajstić information content (AvgIpc) is 3.43. The molecule has 2 aliphatic heterocycles. The van der Waals surface area contributed by atoms with E-state index in [0.29, 0.717) is 45.0 Å². The number of halogens is 1. The van der Waals surface area contributed by atoms with Crippen molar-refractivity contribution >= 4 is 48.7 Å². The quantitative estimate of drug-likeness (QED) is 0.356. The molecule has 40 heavy (non-hydrogen) atoms. The molecule has 4 aromatic rings. The zero-order valence-electron chi connectivity index (χ0n) is 21.3. The van der Waals surface area contributed by atoms with Crippen molar-refractivity contribution in [1.82, 2.24) is 20.2 Å². The molecule has 2 aliphatic rings. The van der Waals surface area contributed by atoms with E-state index < -0.39 is 15.8 Å². The van der Waals surface area contributed by atoms with Gasteiger partial charge < -0.3 is 15.0 Å². The fourth-order valence-electron chi connectivity index (χ4n) is 4.82. The van der Waals surface area contributed by atoms with Crippen LogP contribution >= 0.6 is 11.3 Å². The van der Waals surface area contributed by atoms with Gasteiger partial charge in [-0.3, -0.25) is 9.52 Å². The number of aromatic nitrogens is 2. The number of anilines is 1. The maximum atomic E-state index is 13.2. The van der Waals surface area contributed by atoms with Crippen LogP contribution < -0.4 is 10.0 Å². The Hall–Kier alpha value is -3.71. The van der Waals surface area contributed by atoms with Gasteiger partial charge in [-0.15, -0.1) is 11.3 Å². The molecule has 1 saturated heterocycles. The van der Waals surface area contributed by atoms with Crippen molar-refractivity contribution in [2.75, 3.05) is 37.6 Å². The zero-order valence-corrected chi connectivity index (χ0v) is 23.0. The molecule has 2 aromatic carbocycles. The summed E-state index contributed by atoms with van der Waals surface area (Å²) in [6, 6.07) is 13.3. The van der Waals surface area contributed by atoms with Crippen molar-refractivity contribution in [1.29, 1.82) is 0 Å². The molecule has 4 heterocycles. The van der Waals surface area contributed by atoms with E-state index in [4.69, 9.17) is 4.74 Å². The Kier molecular flexibility index (Phi) is 7.32. The van der Waals surface area contributed by atoms with Crippen LogP contribution in [0.4, 0.5) is 10.1 Å². The highest BCUT2D eigenvalue weighted by molar-refractivity contribution is 7.92. The highest BCUT2D eigenvalue weighted by Gasteiger charge is 2.29. The molecule has 2 N–H and O–H groups in total. The van der Waals surface area contributed by atoms with Crippen LogP contribution in [0.2, 0.25) is 0 Å². The van der Waals surface area contributed by atoms with Crippen molar-refractivity contribution < 1.29 is 22.3 Å². The lowest BCUT2D eigenvalue weighted by Crippen LogP contribution is -2.51. The summed E-state index contributed by atoms with van der Waals surface area (Å²) < 4.78 is 47.3. The van der Waals surface area contributed by atoms with Crippen LogP contribution in [0, 0.1) is 5.82 Å². The zero-order chi connectivity index (χ0) is 27.7. The Morgan fingerprint density at radius 1 is 1.07 bits per heavy atom. The Bertz CT molecular complexity index is 1680. The Labute approximate surface area is 234 Å². The lowest BCUT2D eigenvalue weighted by molar-refractivity contribution is -0.137. The third kappa shape index (κ3) is 5.48. The van der Waals surface area contributed by atoms with Gasteiger partial charge in [0.2, 0.25) is 5.91 Å². The SMILES string of the molecule is O=C(C1CC(c2cc3ncnc(-c4ccc(NS(=O)(=O)c5ccc(F)cc5)cc4)c3s2)=CCN1)N1CCOCC1. The summed E-state index contributed by atoms with van der Waals surface area (Å²) >= 11 is 1.58. The van der Waals surface area contributed by atoms with Gasteiger partial charge in [-0.2, -0.15) is 0 Å². The lowest BCUT2D eigenvalue weighted by atomic mass is 9.99. The molecule has 206 valence electrons. The molecular formula is C28H26FN5O4S2. The van der Waals surface area contributed by atoms with Gasteiger partial charge in [-0.05, 0) is 54.5 Å². The van der Waals surface area contributed by atoms with E-state index in [9.17, 15) is 17.6 Å². The van der Waals surface area contributed by atoms with Crippen LogP contribution in [-0.4, -0.2) is 68.1 Å². The summed E-state index contributed by atoms with van der Waals surface area (Å²) in [6.07, 6.45) is 4.22. The van der Waals surface area contributed by atoms with Crippen molar-refractivity contribution in [3.63, 3.8) is 0 Å². The van der Waals surface area contributed by atoms with Crippen molar-refractivity contribution in [2.45, 2.75) is 17.4 Å². The van der Waals surface area contributed by atoms with Gasteiger partial charge in [0.05, 0.1) is 40.1 Å².